The Balaban J connectivity index is 0.00000562. The van der Waals surface area contributed by atoms with Gasteiger partial charge in [-0.15, -0.1) is 0 Å². The SMILES string of the molecule is C.CC(C)(C)OC(=O)N1CC(=O)N(c2cc(C#N)ccn2)[C@H](C(=O)N(c2cccc(F)c2)[C@H](C(=O)NC2CC(F)(F)C2)c2ccccc2Cl)C1. The van der Waals surface area contributed by atoms with Crippen LogP contribution in [-0.4, -0.2) is 70.4 Å². The van der Waals surface area contributed by atoms with Crippen molar-refractivity contribution in [1.82, 2.24) is 15.2 Å². The number of rotatable bonds is 7. The molecule has 1 N–H and O–H groups in total. The predicted molar refractivity (Wildman–Crippen MR) is 179 cm³/mol. The zero-order valence-corrected chi connectivity index (χ0v) is 27.5. The number of amides is 4. The van der Waals surface area contributed by atoms with Gasteiger partial charge in [0.25, 0.3) is 11.8 Å². The normalized spacial score (nSPS) is 17.8. The minimum Gasteiger partial charge on any atom is -0.444 e. The number of hydrogen-bond acceptors (Lipinski definition) is 7. The molecule has 1 aromatic heterocycles. The van der Waals surface area contributed by atoms with Gasteiger partial charge >= 0.3 is 6.09 Å². The molecule has 1 saturated carbocycles. The highest BCUT2D eigenvalue weighted by molar-refractivity contribution is 6.31. The van der Waals surface area contributed by atoms with E-state index in [1.165, 1.54) is 42.6 Å². The number of anilines is 2. The van der Waals surface area contributed by atoms with Crippen molar-refractivity contribution in [2.75, 3.05) is 22.9 Å². The molecular weight excluding hydrogens is 677 g/mol. The molecule has 1 aliphatic heterocycles. The minimum atomic E-state index is -2.98. The number of nitrogens with zero attached hydrogens (tertiary/aromatic N) is 5. The van der Waals surface area contributed by atoms with Crippen molar-refractivity contribution in [2.24, 2.45) is 0 Å². The summed E-state index contributed by atoms with van der Waals surface area (Å²) in [6.07, 6.45) is -0.890. The van der Waals surface area contributed by atoms with Crippen LogP contribution >= 0.6 is 11.6 Å². The molecule has 2 atom stereocenters. The molecule has 1 saturated heterocycles. The molecule has 0 bridgehead atoms. The van der Waals surface area contributed by atoms with Gasteiger partial charge in [-0.2, -0.15) is 5.26 Å². The Kier molecular flexibility index (Phi) is 11.1. The molecule has 50 heavy (non-hydrogen) atoms. The zero-order valence-electron chi connectivity index (χ0n) is 26.7. The Morgan fingerprint density at radius 2 is 1.82 bits per heavy atom. The number of nitriles is 1. The van der Waals surface area contributed by atoms with Gasteiger partial charge in [-0.05, 0) is 57.2 Å². The van der Waals surface area contributed by atoms with E-state index in [0.29, 0.717) is 0 Å². The number of benzene rings is 2. The lowest BCUT2D eigenvalue weighted by molar-refractivity contribution is -0.133. The van der Waals surface area contributed by atoms with Crippen LogP contribution < -0.4 is 15.1 Å². The summed E-state index contributed by atoms with van der Waals surface area (Å²) in [5.74, 6) is -6.49. The van der Waals surface area contributed by atoms with E-state index in [4.69, 9.17) is 16.3 Å². The van der Waals surface area contributed by atoms with Gasteiger partial charge in [-0.25, -0.2) is 22.9 Å². The fraction of sp³-hybridized carbons (Fsp3) is 0.371. The van der Waals surface area contributed by atoms with Gasteiger partial charge in [0.15, 0.2) is 0 Å². The van der Waals surface area contributed by atoms with Gasteiger partial charge < -0.3 is 10.1 Å². The van der Waals surface area contributed by atoms with Gasteiger partial charge in [0.2, 0.25) is 11.8 Å². The summed E-state index contributed by atoms with van der Waals surface area (Å²) >= 11 is 6.57. The summed E-state index contributed by atoms with van der Waals surface area (Å²) in [6, 6.07) is 11.2. The standard InChI is InChI=1S/C34H32ClF3N6O5.CH4/c1-33(2,3)49-32(48)42-18-26(44(28(45)19-42)27-13-20(17-39)11-12-40-27)31(47)43(23-8-6-7-21(36)14-23)29(24-9-4-5-10-25(24)35)30(46)41-22-15-34(37,38)16-22;/h4-14,22,26,29H,15-16,18-19H2,1-3H3,(H,41,46);1H4/t26-,29-;/m0./s1. The highest BCUT2D eigenvalue weighted by atomic mass is 35.5. The molecular formula is C35H36ClF3N6O5. The molecule has 5 rings (SSSR count). The summed E-state index contributed by atoms with van der Waals surface area (Å²) in [5, 5.41) is 12.1. The molecule has 15 heteroatoms. The fourth-order valence-corrected chi connectivity index (χ4v) is 5.90. The first kappa shape index (κ1) is 37.7. The molecule has 264 valence electrons. The monoisotopic (exact) mass is 712 g/mol. The van der Waals surface area contributed by atoms with Crippen LogP contribution in [-0.2, 0) is 19.1 Å². The van der Waals surface area contributed by atoms with Gasteiger partial charge in [0.05, 0.1) is 18.2 Å². The number of ether oxygens (including phenoxy) is 1. The highest BCUT2D eigenvalue weighted by Gasteiger charge is 2.49. The van der Waals surface area contributed by atoms with Crippen LogP contribution in [0.5, 0.6) is 0 Å². The molecule has 2 fully saturated rings. The van der Waals surface area contributed by atoms with Gasteiger partial charge in [0.1, 0.15) is 35.9 Å². The Morgan fingerprint density at radius 3 is 2.44 bits per heavy atom. The van der Waals surface area contributed by atoms with Crippen molar-refractivity contribution in [1.29, 1.82) is 5.26 Å². The maximum absolute atomic E-state index is 15.0. The number of hydrogen-bond donors (Lipinski definition) is 1. The summed E-state index contributed by atoms with van der Waals surface area (Å²) < 4.78 is 47.9. The van der Waals surface area contributed by atoms with Crippen LogP contribution in [0.25, 0.3) is 0 Å². The molecule has 2 heterocycles. The van der Waals surface area contributed by atoms with E-state index >= 15 is 4.79 Å². The van der Waals surface area contributed by atoms with E-state index in [9.17, 15) is 32.8 Å². The molecule has 0 spiro atoms. The summed E-state index contributed by atoms with van der Waals surface area (Å²) in [5.41, 5.74) is -0.901. The number of alkyl halides is 2. The van der Waals surface area contributed by atoms with E-state index in [0.717, 1.165) is 26.8 Å². The van der Waals surface area contributed by atoms with Gasteiger partial charge in [-0.3, -0.25) is 29.1 Å². The number of carbonyl (C=O) groups excluding carboxylic acids is 4. The fourth-order valence-electron chi connectivity index (χ4n) is 5.66. The zero-order chi connectivity index (χ0) is 35.7. The van der Waals surface area contributed by atoms with Crippen molar-refractivity contribution in [3.63, 3.8) is 0 Å². The van der Waals surface area contributed by atoms with Crippen molar-refractivity contribution < 1.29 is 37.1 Å². The average molecular weight is 713 g/mol. The second-order valence-corrected chi connectivity index (χ2v) is 13.1. The quantitative estimate of drug-likeness (QED) is 0.316. The molecule has 0 radical (unpaired) electrons. The lowest BCUT2D eigenvalue weighted by Gasteiger charge is -2.43. The number of aromatic nitrogens is 1. The van der Waals surface area contributed by atoms with E-state index < -0.39 is 85.2 Å². The molecule has 2 aromatic carbocycles. The van der Waals surface area contributed by atoms with E-state index in [2.05, 4.69) is 10.3 Å². The van der Waals surface area contributed by atoms with Crippen LogP contribution in [0.3, 0.4) is 0 Å². The number of halogens is 4. The molecule has 2 aliphatic rings. The van der Waals surface area contributed by atoms with Crippen LogP contribution in [0.2, 0.25) is 5.02 Å². The summed E-state index contributed by atoms with van der Waals surface area (Å²) in [4.78, 5) is 63.4. The maximum Gasteiger partial charge on any atom is 0.410 e. The number of piperazine rings is 1. The van der Waals surface area contributed by atoms with E-state index in [-0.39, 0.29) is 35.1 Å². The molecule has 1 aliphatic carbocycles. The van der Waals surface area contributed by atoms with Crippen molar-refractivity contribution in [3.05, 3.63) is 88.8 Å². The third-order valence-electron chi connectivity index (χ3n) is 7.82. The predicted octanol–water partition coefficient (Wildman–Crippen LogP) is 6.02. The first-order chi connectivity index (χ1) is 23.1. The second-order valence-electron chi connectivity index (χ2n) is 12.7. The number of nitrogens with one attached hydrogen (secondary N) is 1. The Labute approximate surface area is 292 Å². The number of pyridine rings is 1. The molecule has 4 amide bonds. The maximum atomic E-state index is 15.0. The van der Waals surface area contributed by atoms with Crippen LogP contribution in [0, 0.1) is 17.1 Å². The second kappa shape index (κ2) is 14.8. The van der Waals surface area contributed by atoms with Crippen molar-refractivity contribution in [2.45, 2.75) is 70.7 Å². The van der Waals surface area contributed by atoms with Crippen molar-refractivity contribution in [3.8, 4) is 6.07 Å². The largest absolute Gasteiger partial charge is 0.444 e. The van der Waals surface area contributed by atoms with E-state index in [1.807, 2.05) is 6.07 Å². The van der Waals surface area contributed by atoms with Gasteiger partial charge in [-0.1, -0.05) is 43.3 Å². The average Bonchev–Trinajstić information content (AvgIpc) is 3.01. The topological polar surface area (TPSA) is 136 Å². The van der Waals surface area contributed by atoms with Gasteiger partial charge in [0, 0.05) is 41.4 Å². The smallest absolute Gasteiger partial charge is 0.410 e. The van der Waals surface area contributed by atoms with Crippen LogP contribution in [0.1, 0.15) is 58.2 Å². The van der Waals surface area contributed by atoms with E-state index in [1.54, 1.807) is 32.9 Å². The van der Waals surface area contributed by atoms with Crippen molar-refractivity contribution >= 4 is 46.9 Å². The minimum absolute atomic E-state index is 0. The third kappa shape index (κ3) is 8.34. The van der Waals surface area contributed by atoms with Crippen LogP contribution in [0.15, 0.2) is 66.9 Å². The number of carbonyl (C=O) groups is 4. The molecule has 0 unspecified atom stereocenters. The summed E-state index contributed by atoms with van der Waals surface area (Å²) in [7, 11) is 0. The summed E-state index contributed by atoms with van der Waals surface area (Å²) in [6.45, 7) is 3.88. The Morgan fingerprint density at radius 1 is 1.12 bits per heavy atom. The Hall–Kier alpha value is -5.16. The lowest BCUT2D eigenvalue weighted by atomic mass is 9.87. The van der Waals surface area contributed by atoms with Crippen LogP contribution in [0.4, 0.5) is 29.5 Å². The Bertz CT molecular complexity index is 1820. The lowest BCUT2D eigenvalue weighted by Crippen LogP contribution is -2.65. The highest BCUT2D eigenvalue weighted by Crippen LogP contribution is 2.39. The first-order valence-electron chi connectivity index (χ1n) is 15.2. The first-order valence-corrected chi connectivity index (χ1v) is 15.6. The molecule has 11 nitrogen and oxygen atoms in total. The third-order valence-corrected chi connectivity index (χ3v) is 8.17. The molecule has 3 aromatic rings.